The van der Waals surface area contributed by atoms with E-state index in [2.05, 4.69) is 34.9 Å². The Morgan fingerprint density at radius 3 is 3.10 bits per heavy atom. The molecule has 98 valence electrons. The van der Waals surface area contributed by atoms with Gasteiger partial charge in [-0.05, 0) is 30.2 Å². The molecule has 3 heterocycles. The molecule has 0 spiro atoms. The highest BCUT2D eigenvalue weighted by atomic mass is 32.1. The smallest absolute Gasteiger partial charge is 0.345 e. The molecule has 0 bridgehead atoms. The summed E-state index contributed by atoms with van der Waals surface area (Å²) >= 11 is 1.33. The Bertz CT molecular complexity index is 859. The average Bonchev–Trinajstić information content (AvgIpc) is 2.93. The Hall–Kier alpha value is -2.33. The van der Waals surface area contributed by atoms with Gasteiger partial charge >= 0.3 is 5.97 Å². The Morgan fingerprint density at radius 1 is 1.35 bits per heavy atom. The number of aromatic carboxylic acids is 1. The van der Waals surface area contributed by atoms with Crippen LogP contribution in [0.25, 0.3) is 22.0 Å². The lowest BCUT2D eigenvalue weighted by Gasteiger charge is -2.11. The van der Waals surface area contributed by atoms with Gasteiger partial charge in [0.1, 0.15) is 4.88 Å². The van der Waals surface area contributed by atoms with Crippen LogP contribution in [-0.4, -0.2) is 15.6 Å². The first-order chi connectivity index (χ1) is 9.74. The fraction of sp³-hybridized carbons (Fsp3) is 0.0625. The number of hydrogen-bond donors (Lipinski definition) is 1. The van der Waals surface area contributed by atoms with E-state index in [1.807, 2.05) is 12.3 Å². The van der Waals surface area contributed by atoms with E-state index < -0.39 is 5.97 Å². The molecule has 4 rings (SSSR count). The topological polar surface area (TPSA) is 42.2 Å². The quantitative estimate of drug-likeness (QED) is 0.853. The molecule has 4 heteroatoms. The molecule has 2 aromatic rings. The van der Waals surface area contributed by atoms with Gasteiger partial charge in [0.05, 0.1) is 15.9 Å². The standard InChI is InChI=1S/C16H11NO2S/c18-16(19)15-9-13-14(20-15)8-12-11-6-2-1-4-10(11)5-3-7-17(12)13/h1,3-9H,2H2,(H,18,19). The predicted molar refractivity (Wildman–Crippen MR) is 81.9 cm³/mol. The van der Waals surface area contributed by atoms with Crippen molar-refractivity contribution in [2.75, 3.05) is 0 Å². The summed E-state index contributed by atoms with van der Waals surface area (Å²) in [6.07, 6.45) is 13.5. The molecule has 1 aliphatic carbocycles. The second-order valence-corrected chi connectivity index (χ2v) is 5.87. The van der Waals surface area contributed by atoms with Gasteiger partial charge in [-0.1, -0.05) is 24.3 Å². The molecule has 0 unspecified atom stereocenters. The minimum atomic E-state index is -0.864. The summed E-state index contributed by atoms with van der Waals surface area (Å²) in [5.74, 6) is -0.864. The van der Waals surface area contributed by atoms with Crippen LogP contribution in [0.15, 0.2) is 48.1 Å². The number of carbonyl (C=O) groups is 1. The molecule has 0 radical (unpaired) electrons. The van der Waals surface area contributed by atoms with Crippen LogP contribution in [0.2, 0.25) is 0 Å². The minimum Gasteiger partial charge on any atom is -0.477 e. The number of rotatable bonds is 1. The first-order valence-electron chi connectivity index (χ1n) is 6.38. The molecule has 0 saturated carbocycles. The number of allylic oxidation sites excluding steroid dienone is 7. The van der Waals surface area contributed by atoms with Crippen LogP contribution in [0.3, 0.4) is 0 Å². The van der Waals surface area contributed by atoms with Crippen molar-refractivity contribution in [2.45, 2.75) is 6.42 Å². The molecule has 0 amide bonds. The number of carboxylic acids is 1. The molecule has 0 atom stereocenters. The van der Waals surface area contributed by atoms with Crippen molar-refractivity contribution in [3.05, 3.63) is 58.7 Å². The molecular formula is C16H11NO2S. The maximum Gasteiger partial charge on any atom is 0.345 e. The number of thiophene rings is 1. The maximum atomic E-state index is 11.1. The van der Waals surface area contributed by atoms with E-state index >= 15 is 0 Å². The Labute approximate surface area is 119 Å². The zero-order chi connectivity index (χ0) is 13.7. The summed E-state index contributed by atoms with van der Waals surface area (Å²) in [5.41, 5.74) is 4.52. The maximum absolute atomic E-state index is 11.1. The lowest BCUT2D eigenvalue weighted by atomic mass is 9.97. The molecule has 2 aromatic heterocycles. The van der Waals surface area contributed by atoms with Gasteiger partial charge in [0.25, 0.3) is 0 Å². The average molecular weight is 281 g/mol. The number of aromatic nitrogens is 1. The van der Waals surface area contributed by atoms with E-state index in [1.165, 1.54) is 22.5 Å². The molecule has 3 nitrogen and oxygen atoms in total. The molecule has 0 saturated heterocycles. The van der Waals surface area contributed by atoms with E-state index in [4.69, 9.17) is 5.11 Å². The SMILES string of the molecule is O=C(O)c1cc2c(cc3n2C=CC=C2C=CCC=C23)s1. The lowest BCUT2D eigenvalue weighted by molar-refractivity contribution is 0.0702. The second kappa shape index (κ2) is 4.08. The number of hydrogen-bond acceptors (Lipinski definition) is 2. The minimum absolute atomic E-state index is 0.383. The van der Waals surface area contributed by atoms with Crippen molar-refractivity contribution >= 4 is 39.3 Å². The van der Waals surface area contributed by atoms with Gasteiger partial charge in [0, 0.05) is 11.8 Å². The summed E-state index contributed by atoms with van der Waals surface area (Å²) in [6.45, 7) is 0. The molecular weight excluding hydrogens is 270 g/mol. The van der Waals surface area contributed by atoms with Crippen LogP contribution in [0, 0.1) is 0 Å². The lowest BCUT2D eigenvalue weighted by Crippen LogP contribution is -1.96. The van der Waals surface area contributed by atoms with Gasteiger partial charge in [-0.15, -0.1) is 11.3 Å². The van der Waals surface area contributed by atoms with Crippen LogP contribution in [0.1, 0.15) is 21.8 Å². The van der Waals surface area contributed by atoms with E-state index in [-0.39, 0.29) is 0 Å². The third-order valence-corrected chi connectivity index (χ3v) is 4.65. The van der Waals surface area contributed by atoms with E-state index in [0.29, 0.717) is 4.88 Å². The van der Waals surface area contributed by atoms with Gasteiger partial charge in [-0.25, -0.2) is 4.79 Å². The summed E-state index contributed by atoms with van der Waals surface area (Å²) in [6, 6.07) is 3.83. The fourth-order valence-electron chi connectivity index (χ4n) is 2.70. The van der Waals surface area contributed by atoms with Crippen molar-refractivity contribution in [1.29, 1.82) is 0 Å². The summed E-state index contributed by atoms with van der Waals surface area (Å²) in [5, 5.41) is 9.10. The van der Waals surface area contributed by atoms with Crippen LogP contribution < -0.4 is 0 Å². The van der Waals surface area contributed by atoms with Crippen LogP contribution in [-0.2, 0) is 0 Å². The molecule has 20 heavy (non-hydrogen) atoms. The van der Waals surface area contributed by atoms with Gasteiger partial charge in [-0.2, -0.15) is 0 Å². The van der Waals surface area contributed by atoms with Gasteiger partial charge < -0.3 is 9.67 Å². The predicted octanol–water partition coefficient (Wildman–Crippen LogP) is 4.16. The van der Waals surface area contributed by atoms with Crippen molar-refractivity contribution in [3.8, 4) is 0 Å². The number of fused-ring (bicyclic) bond motifs is 5. The van der Waals surface area contributed by atoms with E-state index in [0.717, 1.165) is 22.3 Å². The van der Waals surface area contributed by atoms with Gasteiger partial charge in [0.15, 0.2) is 0 Å². The van der Waals surface area contributed by atoms with Crippen LogP contribution in [0.4, 0.5) is 0 Å². The van der Waals surface area contributed by atoms with Gasteiger partial charge in [0.2, 0.25) is 0 Å². The van der Waals surface area contributed by atoms with Crippen molar-refractivity contribution < 1.29 is 9.90 Å². The van der Waals surface area contributed by atoms with Crippen molar-refractivity contribution in [2.24, 2.45) is 0 Å². The highest BCUT2D eigenvalue weighted by Gasteiger charge is 2.19. The third-order valence-electron chi connectivity index (χ3n) is 3.59. The molecule has 0 aromatic carbocycles. The molecule has 2 aliphatic rings. The molecule has 1 N–H and O–H groups in total. The normalized spacial score (nSPS) is 16.4. The van der Waals surface area contributed by atoms with E-state index in [1.54, 1.807) is 6.07 Å². The Balaban J connectivity index is 1.97. The zero-order valence-corrected chi connectivity index (χ0v) is 11.4. The Morgan fingerprint density at radius 2 is 2.25 bits per heavy atom. The van der Waals surface area contributed by atoms with Crippen molar-refractivity contribution in [1.82, 2.24) is 4.57 Å². The van der Waals surface area contributed by atoms with Crippen LogP contribution in [0.5, 0.6) is 0 Å². The summed E-state index contributed by atoms with van der Waals surface area (Å²) in [4.78, 5) is 11.5. The molecule has 1 aliphatic heterocycles. The van der Waals surface area contributed by atoms with Gasteiger partial charge in [-0.3, -0.25) is 0 Å². The Kier molecular flexibility index (Phi) is 2.35. The second-order valence-electron chi connectivity index (χ2n) is 4.78. The van der Waals surface area contributed by atoms with Crippen molar-refractivity contribution in [3.63, 3.8) is 0 Å². The van der Waals surface area contributed by atoms with E-state index in [9.17, 15) is 4.79 Å². The monoisotopic (exact) mass is 281 g/mol. The summed E-state index contributed by atoms with van der Waals surface area (Å²) in [7, 11) is 0. The first kappa shape index (κ1) is 11.5. The largest absolute Gasteiger partial charge is 0.477 e. The number of carboxylic acid groups (broad SMARTS) is 1. The fourth-order valence-corrected chi connectivity index (χ4v) is 3.63. The van der Waals surface area contributed by atoms with Crippen LogP contribution >= 0.6 is 11.3 Å². The highest BCUT2D eigenvalue weighted by molar-refractivity contribution is 7.20. The first-order valence-corrected chi connectivity index (χ1v) is 7.20. The zero-order valence-electron chi connectivity index (χ0n) is 10.5. The highest BCUT2D eigenvalue weighted by Crippen LogP contribution is 2.37. The molecule has 0 fully saturated rings. The summed E-state index contributed by atoms with van der Waals surface area (Å²) < 4.78 is 3.09. The number of nitrogens with zero attached hydrogens (tertiary/aromatic N) is 1. The third kappa shape index (κ3) is 1.55.